The smallest absolute Gasteiger partial charge is 0.316 e. The van der Waals surface area contributed by atoms with E-state index < -0.39 is 35.2 Å². The standard InChI is InChI=1S/C33H54N2O6S/c1-8-31(6)16-25(32(7)19(4)11-13-33(20(5)29(31)39)14-12-23(37)28(32)33)41-26(38)17-42-24-15-21(9-10-22(24)36)35-30(40)27(34)18(2)3/h8,18-22,24-25,27-29,36,39H,1,9-17,34H2,2-7H3,(H,35,40)/t19?,20-,21-,22+,24-,25+,27-,28-,29-,31+,32-,33?/m0/s1. The number of Topliss-reactive ketones (excluding diaryl/α,β-unsaturated/α-hetero) is 1. The van der Waals surface area contributed by atoms with E-state index in [0.29, 0.717) is 32.1 Å². The van der Waals surface area contributed by atoms with Crippen molar-refractivity contribution in [2.45, 2.75) is 129 Å². The van der Waals surface area contributed by atoms with Crippen LogP contribution in [0.25, 0.3) is 0 Å². The van der Waals surface area contributed by atoms with Crippen LogP contribution >= 0.6 is 11.8 Å². The molecule has 12 atom stereocenters. The number of rotatable bonds is 8. The zero-order valence-corrected chi connectivity index (χ0v) is 27.3. The van der Waals surface area contributed by atoms with Crippen LogP contribution in [-0.2, 0) is 19.1 Å². The van der Waals surface area contributed by atoms with Crippen LogP contribution in [0.15, 0.2) is 12.7 Å². The second kappa shape index (κ2) is 12.5. The highest BCUT2D eigenvalue weighted by Gasteiger charge is 2.68. The molecule has 4 saturated carbocycles. The van der Waals surface area contributed by atoms with E-state index in [1.807, 2.05) is 20.8 Å². The number of hydrogen-bond donors (Lipinski definition) is 4. The molecule has 4 aliphatic rings. The maximum atomic E-state index is 13.6. The van der Waals surface area contributed by atoms with Gasteiger partial charge in [-0.2, -0.15) is 0 Å². The van der Waals surface area contributed by atoms with Crippen molar-refractivity contribution in [1.29, 1.82) is 0 Å². The predicted octanol–water partition coefficient (Wildman–Crippen LogP) is 4.01. The van der Waals surface area contributed by atoms with Crippen molar-refractivity contribution < 1.29 is 29.3 Å². The van der Waals surface area contributed by atoms with Gasteiger partial charge in [0.2, 0.25) is 5.91 Å². The average molecular weight is 607 g/mol. The second-order valence-corrected chi connectivity index (χ2v) is 16.0. The number of ketones is 1. The number of amides is 1. The zero-order valence-electron chi connectivity index (χ0n) is 26.4. The van der Waals surface area contributed by atoms with Crippen LogP contribution < -0.4 is 11.1 Å². The van der Waals surface area contributed by atoms with Gasteiger partial charge in [-0.1, -0.05) is 47.6 Å². The minimum Gasteiger partial charge on any atom is -0.461 e. The Hall–Kier alpha value is -1.42. The first-order valence-corrected chi connectivity index (χ1v) is 17.0. The molecular formula is C33H54N2O6S. The molecule has 0 aromatic carbocycles. The van der Waals surface area contributed by atoms with Crippen molar-refractivity contribution in [2.24, 2.45) is 45.7 Å². The van der Waals surface area contributed by atoms with Gasteiger partial charge in [0.05, 0.1) is 24.0 Å². The number of nitrogens with two attached hydrogens (primary N) is 1. The zero-order chi connectivity index (χ0) is 31.2. The monoisotopic (exact) mass is 606 g/mol. The Bertz CT molecular complexity index is 1050. The summed E-state index contributed by atoms with van der Waals surface area (Å²) in [5.41, 5.74) is 4.47. The normalized spacial score (nSPS) is 44.5. The van der Waals surface area contributed by atoms with Crippen molar-refractivity contribution in [3.63, 3.8) is 0 Å². The first kappa shape index (κ1) is 33.5. The summed E-state index contributed by atoms with van der Waals surface area (Å²) in [6, 6.07) is -0.691. The van der Waals surface area contributed by atoms with E-state index in [1.54, 1.807) is 6.08 Å². The first-order chi connectivity index (χ1) is 19.6. The lowest BCUT2D eigenvalue weighted by Gasteiger charge is -2.61. The molecule has 2 bridgehead atoms. The molecule has 2 unspecified atom stereocenters. The highest BCUT2D eigenvalue weighted by Crippen LogP contribution is 2.68. The van der Waals surface area contributed by atoms with Gasteiger partial charge >= 0.3 is 5.97 Å². The van der Waals surface area contributed by atoms with Gasteiger partial charge in [0, 0.05) is 34.5 Å². The fourth-order valence-corrected chi connectivity index (χ4v) is 10.0. The molecule has 8 nitrogen and oxygen atoms in total. The van der Waals surface area contributed by atoms with Crippen LogP contribution in [0.1, 0.15) is 92.9 Å². The lowest BCUT2D eigenvalue weighted by atomic mass is 9.44. The van der Waals surface area contributed by atoms with Gasteiger partial charge < -0.3 is 26.0 Å². The quantitative estimate of drug-likeness (QED) is 0.240. The van der Waals surface area contributed by atoms with E-state index in [9.17, 15) is 24.6 Å². The summed E-state index contributed by atoms with van der Waals surface area (Å²) in [6.07, 6.45) is 5.19. The van der Waals surface area contributed by atoms with Gasteiger partial charge in [-0.05, 0) is 68.1 Å². The van der Waals surface area contributed by atoms with Crippen LogP contribution in [0.2, 0.25) is 0 Å². The maximum Gasteiger partial charge on any atom is 0.316 e. The average Bonchev–Trinajstić information content (AvgIpc) is 3.31. The van der Waals surface area contributed by atoms with Gasteiger partial charge in [0.15, 0.2) is 0 Å². The van der Waals surface area contributed by atoms with Crippen molar-refractivity contribution in [1.82, 2.24) is 5.32 Å². The number of hydrogen-bond acceptors (Lipinski definition) is 8. The molecule has 0 aromatic heterocycles. The Morgan fingerprint density at radius 2 is 1.88 bits per heavy atom. The van der Waals surface area contributed by atoms with Crippen LogP contribution in [0.3, 0.4) is 0 Å². The van der Waals surface area contributed by atoms with Crippen LogP contribution in [0, 0.1) is 39.9 Å². The molecule has 1 amide bonds. The lowest BCUT2D eigenvalue weighted by Crippen LogP contribution is -2.63. The van der Waals surface area contributed by atoms with Crippen molar-refractivity contribution in [3.8, 4) is 0 Å². The molecular weight excluding hydrogens is 552 g/mol. The Labute approximate surface area is 256 Å². The number of thioether (sulfide) groups is 1. The molecule has 42 heavy (non-hydrogen) atoms. The third-order valence-electron chi connectivity index (χ3n) is 12.1. The fourth-order valence-electron chi connectivity index (χ4n) is 8.89. The molecule has 5 N–H and O–H groups in total. The van der Waals surface area contributed by atoms with E-state index in [2.05, 4.69) is 32.7 Å². The van der Waals surface area contributed by atoms with Gasteiger partial charge in [-0.25, -0.2) is 0 Å². The van der Waals surface area contributed by atoms with Crippen LogP contribution in [0.5, 0.6) is 0 Å². The number of carbonyl (C=O) groups is 3. The second-order valence-electron chi connectivity index (χ2n) is 14.8. The maximum absolute atomic E-state index is 13.6. The molecule has 0 spiro atoms. The number of esters is 1. The summed E-state index contributed by atoms with van der Waals surface area (Å²) in [4.78, 5) is 39.6. The molecule has 0 aliphatic heterocycles. The van der Waals surface area contributed by atoms with E-state index in [0.717, 1.165) is 19.3 Å². The Kier molecular flexibility index (Phi) is 9.98. The summed E-state index contributed by atoms with van der Waals surface area (Å²) in [5, 5.41) is 25.2. The van der Waals surface area contributed by atoms with Crippen molar-refractivity contribution in [3.05, 3.63) is 12.7 Å². The minimum absolute atomic E-state index is 0.0260. The SMILES string of the molecule is C=C[C@]1(C)C[C@@H](OC(=O)CS[C@H]2C[C@@H](NC(=O)[C@@H](N)C(C)C)CC[C@H]2O)[C@]2(C)C(C)CCC3(CCC(=O)[C@H]32)[C@@H](C)[C@@H]1O. The molecule has 0 heterocycles. The van der Waals surface area contributed by atoms with Crippen LogP contribution in [-0.4, -0.2) is 69.3 Å². The molecule has 9 heteroatoms. The van der Waals surface area contributed by atoms with E-state index >= 15 is 0 Å². The topological polar surface area (TPSA) is 139 Å². The lowest BCUT2D eigenvalue weighted by molar-refractivity contribution is -0.205. The number of carbonyl (C=O) groups excluding carboxylic acids is 3. The summed E-state index contributed by atoms with van der Waals surface area (Å²) in [5.74, 6) is -0.423. The van der Waals surface area contributed by atoms with Crippen molar-refractivity contribution >= 4 is 29.4 Å². The molecule has 238 valence electrons. The summed E-state index contributed by atoms with van der Waals surface area (Å²) in [6.45, 7) is 16.3. The molecule has 0 radical (unpaired) electrons. The number of aliphatic hydroxyl groups is 2. The highest BCUT2D eigenvalue weighted by molar-refractivity contribution is 8.00. The number of aliphatic hydroxyl groups excluding tert-OH is 2. The third-order valence-corrected chi connectivity index (χ3v) is 13.5. The summed E-state index contributed by atoms with van der Waals surface area (Å²) >= 11 is 1.36. The Balaban J connectivity index is 1.51. The minimum atomic E-state index is -0.703. The van der Waals surface area contributed by atoms with E-state index in [1.165, 1.54) is 11.8 Å². The molecule has 4 fully saturated rings. The predicted molar refractivity (Wildman–Crippen MR) is 165 cm³/mol. The van der Waals surface area contributed by atoms with Crippen LogP contribution in [0.4, 0.5) is 0 Å². The first-order valence-electron chi connectivity index (χ1n) is 16.0. The molecule has 0 aromatic rings. The fraction of sp³-hybridized carbons (Fsp3) is 0.848. The Morgan fingerprint density at radius 1 is 1.19 bits per heavy atom. The van der Waals surface area contributed by atoms with Gasteiger partial charge in [-0.15, -0.1) is 18.3 Å². The molecule has 0 saturated heterocycles. The largest absolute Gasteiger partial charge is 0.461 e. The van der Waals surface area contributed by atoms with Gasteiger partial charge in [0.25, 0.3) is 0 Å². The van der Waals surface area contributed by atoms with Gasteiger partial charge in [-0.3, -0.25) is 14.4 Å². The number of nitrogens with one attached hydrogen (secondary N) is 1. The molecule has 4 aliphatic carbocycles. The third kappa shape index (κ3) is 5.84. The highest BCUT2D eigenvalue weighted by atomic mass is 32.2. The Morgan fingerprint density at radius 3 is 2.52 bits per heavy atom. The summed E-state index contributed by atoms with van der Waals surface area (Å²) < 4.78 is 6.36. The van der Waals surface area contributed by atoms with E-state index in [4.69, 9.17) is 10.5 Å². The summed E-state index contributed by atoms with van der Waals surface area (Å²) in [7, 11) is 0. The van der Waals surface area contributed by atoms with Crippen molar-refractivity contribution in [2.75, 3.05) is 5.75 Å². The van der Waals surface area contributed by atoms with Gasteiger partial charge in [0.1, 0.15) is 11.9 Å². The molecule has 4 rings (SSSR count). The van der Waals surface area contributed by atoms with E-state index in [-0.39, 0.29) is 63.8 Å². The number of ether oxygens (including phenoxy) is 1.